The summed E-state index contributed by atoms with van der Waals surface area (Å²) in [6.07, 6.45) is 0.297. The van der Waals surface area contributed by atoms with Gasteiger partial charge in [0.25, 0.3) is 5.91 Å². The highest BCUT2D eigenvalue weighted by Crippen LogP contribution is 2.25. The van der Waals surface area contributed by atoms with Crippen molar-refractivity contribution in [3.8, 4) is 11.8 Å². The molecule has 0 aliphatic carbocycles. The molecule has 5 nitrogen and oxygen atoms in total. The van der Waals surface area contributed by atoms with Crippen LogP contribution in [0.4, 0.5) is 5.69 Å². The molecule has 0 saturated heterocycles. The molecule has 1 amide bonds. The molecule has 0 fully saturated rings. The summed E-state index contributed by atoms with van der Waals surface area (Å²) in [5.74, 6) is 0.445. The maximum Gasteiger partial charge on any atom is 0.257 e. The first kappa shape index (κ1) is 13.8. The van der Waals surface area contributed by atoms with E-state index in [-0.39, 0.29) is 12.5 Å². The third kappa shape index (κ3) is 3.98. The van der Waals surface area contributed by atoms with E-state index in [1.54, 1.807) is 12.1 Å². The normalized spacial score (nSPS) is 9.61. The van der Waals surface area contributed by atoms with Gasteiger partial charge in [0.1, 0.15) is 5.75 Å². The lowest BCUT2D eigenvalue weighted by atomic mass is 10.1. The number of amides is 1. The van der Waals surface area contributed by atoms with Crippen molar-refractivity contribution in [1.82, 2.24) is 5.32 Å². The van der Waals surface area contributed by atoms with Crippen molar-refractivity contribution in [3.05, 3.63) is 23.3 Å². The van der Waals surface area contributed by atoms with Crippen LogP contribution in [0, 0.1) is 25.2 Å². The van der Waals surface area contributed by atoms with Gasteiger partial charge in [-0.15, -0.1) is 0 Å². The van der Waals surface area contributed by atoms with E-state index in [9.17, 15) is 4.79 Å². The Morgan fingerprint density at radius 3 is 2.61 bits per heavy atom. The lowest BCUT2D eigenvalue weighted by Gasteiger charge is -2.12. The van der Waals surface area contributed by atoms with Crippen molar-refractivity contribution in [2.75, 3.05) is 18.9 Å². The fourth-order valence-electron chi connectivity index (χ4n) is 1.66. The average molecular weight is 247 g/mol. The first-order valence-corrected chi connectivity index (χ1v) is 5.67. The van der Waals surface area contributed by atoms with E-state index in [4.69, 9.17) is 15.7 Å². The van der Waals surface area contributed by atoms with Crippen LogP contribution < -0.4 is 15.8 Å². The minimum Gasteiger partial charge on any atom is -0.483 e. The van der Waals surface area contributed by atoms with Gasteiger partial charge in [-0.3, -0.25) is 4.79 Å². The highest BCUT2D eigenvalue weighted by Gasteiger charge is 2.08. The van der Waals surface area contributed by atoms with Crippen LogP contribution >= 0.6 is 0 Å². The zero-order valence-electron chi connectivity index (χ0n) is 10.6. The van der Waals surface area contributed by atoms with Gasteiger partial charge in [0.2, 0.25) is 0 Å². The molecule has 18 heavy (non-hydrogen) atoms. The Morgan fingerprint density at radius 2 is 2.06 bits per heavy atom. The molecule has 1 aromatic carbocycles. The first-order valence-electron chi connectivity index (χ1n) is 5.67. The number of carbonyl (C=O) groups excluding carboxylic acids is 1. The van der Waals surface area contributed by atoms with Crippen molar-refractivity contribution < 1.29 is 9.53 Å². The first-order chi connectivity index (χ1) is 8.54. The van der Waals surface area contributed by atoms with E-state index < -0.39 is 0 Å². The van der Waals surface area contributed by atoms with Crippen molar-refractivity contribution in [2.45, 2.75) is 20.3 Å². The number of nitrogens with one attached hydrogen (secondary N) is 1. The third-order valence-electron chi connectivity index (χ3n) is 2.39. The predicted octanol–water partition coefficient (Wildman–Crippen LogP) is 1.29. The number of aryl methyl sites for hydroxylation is 2. The number of nitriles is 1. The van der Waals surface area contributed by atoms with E-state index >= 15 is 0 Å². The minimum atomic E-state index is -0.235. The second-order valence-corrected chi connectivity index (χ2v) is 4.03. The number of hydrogen-bond donors (Lipinski definition) is 2. The summed E-state index contributed by atoms with van der Waals surface area (Å²) < 4.78 is 5.46. The fourth-order valence-corrected chi connectivity index (χ4v) is 1.66. The van der Waals surface area contributed by atoms with Crippen molar-refractivity contribution in [1.29, 1.82) is 5.26 Å². The van der Waals surface area contributed by atoms with Gasteiger partial charge < -0.3 is 15.8 Å². The number of carbonyl (C=O) groups is 1. The Kier molecular flexibility index (Phi) is 5.00. The lowest BCUT2D eigenvalue weighted by Crippen LogP contribution is -2.29. The molecule has 0 spiro atoms. The second kappa shape index (κ2) is 6.50. The molecule has 0 aromatic heterocycles. The second-order valence-electron chi connectivity index (χ2n) is 4.03. The zero-order chi connectivity index (χ0) is 13.5. The number of nitrogen functional groups attached to an aromatic ring is 1. The van der Waals surface area contributed by atoms with Gasteiger partial charge in [-0.2, -0.15) is 5.26 Å². The Bertz CT molecular complexity index is 455. The number of anilines is 1. The van der Waals surface area contributed by atoms with Crippen LogP contribution in [0.15, 0.2) is 12.1 Å². The standard InChI is InChI=1S/C13H17N3O2/c1-9-6-11(15)7-10(2)13(9)18-8-12(17)16-5-3-4-14/h6-7H,3,5,8,15H2,1-2H3,(H,16,17). The molecule has 0 radical (unpaired) electrons. The van der Waals surface area contributed by atoms with Crippen LogP contribution in [-0.2, 0) is 4.79 Å². The van der Waals surface area contributed by atoms with Crippen molar-refractivity contribution >= 4 is 11.6 Å². The topological polar surface area (TPSA) is 88.1 Å². The van der Waals surface area contributed by atoms with Gasteiger partial charge in [0, 0.05) is 12.2 Å². The molecule has 0 bridgehead atoms. The van der Waals surface area contributed by atoms with E-state index in [2.05, 4.69) is 5.32 Å². The number of hydrogen-bond acceptors (Lipinski definition) is 4. The van der Waals surface area contributed by atoms with Gasteiger partial charge in [0.15, 0.2) is 6.61 Å². The van der Waals surface area contributed by atoms with Gasteiger partial charge >= 0.3 is 0 Å². The molecule has 96 valence electrons. The molecule has 0 atom stereocenters. The van der Waals surface area contributed by atoms with Crippen LogP contribution in [0.5, 0.6) is 5.75 Å². The minimum absolute atomic E-state index is 0.0585. The highest BCUT2D eigenvalue weighted by molar-refractivity contribution is 5.77. The molecular formula is C13H17N3O2. The maximum absolute atomic E-state index is 11.4. The van der Waals surface area contributed by atoms with Crippen LogP contribution in [0.25, 0.3) is 0 Å². The number of benzene rings is 1. The predicted molar refractivity (Wildman–Crippen MR) is 69.1 cm³/mol. The number of nitrogens with two attached hydrogens (primary N) is 1. The third-order valence-corrected chi connectivity index (χ3v) is 2.39. The van der Waals surface area contributed by atoms with Crippen molar-refractivity contribution in [2.24, 2.45) is 0 Å². The maximum atomic E-state index is 11.4. The van der Waals surface area contributed by atoms with Crippen LogP contribution in [0.2, 0.25) is 0 Å². The summed E-state index contributed by atoms with van der Waals surface area (Å²) in [6, 6.07) is 5.55. The van der Waals surface area contributed by atoms with Gasteiger partial charge in [-0.25, -0.2) is 0 Å². The molecule has 0 aliphatic rings. The van der Waals surface area contributed by atoms with Gasteiger partial charge in [0.05, 0.1) is 12.5 Å². The Morgan fingerprint density at radius 1 is 1.44 bits per heavy atom. The van der Waals surface area contributed by atoms with Crippen LogP contribution in [0.1, 0.15) is 17.5 Å². The smallest absolute Gasteiger partial charge is 0.257 e. The summed E-state index contributed by atoms with van der Waals surface area (Å²) in [5.41, 5.74) is 8.18. The van der Waals surface area contributed by atoms with Gasteiger partial charge in [-0.05, 0) is 37.1 Å². The Hall–Kier alpha value is -2.22. The zero-order valence-corrected chi connectivity index (χ0v) is 10.6. The summed E-state index contributed by atoms with van der Waals surface area (Å²) in [4.78, 5) is 11.4. The average Bonchev–Trinajstić information content (AvgIpc) is 2.27. The number of rotatable bonds is 5. The number of ether oxygens (including phenoxy) is 1. The van der Waals surface area contributed by atoms with Crippen molar-refractivity contribution in [3.63, 3.8) is 0 Å². The molecule has 1 rings (SSSR count). The Balaban J connectivity index is 2.54. The van der Waals surface area contributed by atoms with E-state index in [0.29, 0.717) is 24.4 Å². The largest absolute Gasteiger partial charge is 0.483 e. The lowest BCUT2D eigenvalue weighted by molar-refractivity contribution is -0.123. The van der Waals surface area contributed by atoms with E-state index in [0.717, 1.165) is 11.1 Å². The van der Waals surface area contributed by atoms with E-state index in [1.165, 1.54) is 0 Å². The quantitative estimate of drug-likeness (QED) is 0.606. The molecule has 0 saturated carbocycles. The summed E-state index contributed by atoms with van der Waals surface area (Å²) in [5, 5.41) is 10.9. The molecule has 0 unspecified atom stereocenters. The SMILES string of the molecule is Cc1cc(N)cc(C)c1OCC(=O)NCCC#N. The molecule has 5 heteroatoms. The molecular weight excluding hydrogens is 230 g/mol. The summed E-state index contributed by atoms with van der Waals surface area (Å²) in [6.45, 7) is 4.05. The fraction of sp³-hybridized carbons (Fsp3) is 0.385. The molecule has 0 aliphatic heterocycles. The molecule has 0 heterocycles. The Labute approximate surface area is 107 Å². The summed E-state index contributed by atoms with van der Waals surface area (Å²) in [7, 11) is 0. The molecule has 3 N–H and O–H groups in total. The monoisotopic (exact) mass is 247 g/mol. The van der Waals surface area contributed by atoms with Gasteiger partial charge in [-0.1, -0.05) is 0 Å². The van der Waals surface area contributed by atoms with E-state index in [1.807, 2.05) is 19.9 Å². The number of nitrogens with zero attached hydrogens (tertiary/aromatic N) is 1. The molecule has 1 aromatic rings. The highest BCUT2D eigenvalue weighted by atomic mass is 16.5. The van der Waals surface area contributed by atoms with Crippen LogP contribution in [-0.4, -0.2) is 19.1 Å². The van der Waals surface area contributed by atoms with Crippen LogP contribution in [0.3, 0.4) is 0 Å². The summed E-state index contributed by atoms with van der Waals surface area (Å²) >= 11 is 0.